The molecule has 49 heavy (non-hydrogen) atoms. The second-order valence-electron chi connectivity index (χ2n) is 15.9. The van der Waals surface area contributed by atoms with Crippen LogP contribution >= 0.6 is 7.92 Å². The van der Waals surface area contributed by atoms with Gasteiger partial charge >= 0.3 is 19.5 Å². The molecule has 6 rings (SSSR count). The first kappa shape index (κ1) is 44.3. The van der Waals surface area contributed by atoms with Gasteiger partial charge in [-0.1, -0.05) is 113 Å². The van der Waals surface area contributed by atoms with Crippen molar-refractivity contribution in [1.29, 1.82) is 0 Å². The molecule has 0 spiro atoms. The molecule has 4 aliphatic rings. The fourth-order valence-electron chi connectivity index (χ4n) is 9.33. The molecule has 0 N–H and O–H groups in total. The summed E-state index contributed by atoms with van der Waals surface area (Å²) in [5, 5.41) is 0. The molecule has 0 aromatic heterocycles. The normalized spacial score (nSPS) is 18.8. The summed E-state index contributed by atoms with van der Waals surface area (Å²) < 4.78 is 0. The van der Waals surface area contributed by atoms with E-state index in [1.165, 1.54) is 86.6 Å². The van der Waals surface area contributed by atoms with Crippen molar-refractivity contribution in [2.45, 2.75) is 176 Å². The van der Waals surface area contributed by atoms with Gasteiger partial charge in [0.05, 0.1) is 6.67 Å². The van der Waals surface area contributed by atoms with Crippen LogP contribution < -0.4 is 22.2 Å². The minimum atomic E-state index is 0. The van der Waals surface area contributed by atoms with Gasteiger partial charge in [0.15, 0.2) is 0 Å². The summed E-state index contributed by atoms with van der Waals surface area (Å²) in [6.07, 6.45) is 25.7. The second-order valence-corrected chi connectivity index (χ2v) is 18.9. The van der Waals surface area contributed by atoms with E-state index in [1.54, 1.807) is 77.0 Å². The van der Waals surface area contributed by atoms with Gasteiger partial charge in [0.1, 0.15) is 0 Å². The summed E-state index contributed by atoms with van der Waals surface area (Å²) in [5.41, 5.74) is 16.0. The fourth-order valence-corrected chi connectivity index (χ4v) is 14.0. The van der Waals surface area contributed by atoms with Gasteiger partial charge in [-0.05, 0) is 140 Å². The van der Waals surface area contributed by atoms with E-state index >= 15 is 0 Å². The molecule has 2 nitrogen and oxygen atoms in total. The van der Waals surface area contributed by atoms with Gasteiger partial charge in [0.25, 0.3) is 0 Å². The summed E-state index contributed by atoms with van der Waals surface area (Å²) in [7, 11) is 0.385. The van der Waals surface area contributed by atoms with Crippen LogP contribution in [0.3, 0.4) is 0 Å². The minimum absolute atomic E-state index is 0. The van der Waals surface area contributed by atoms with E-state index in [0.29, 0.717) is 7.92 Å². The molecule has 1 aliphatic heterocycles. The van der Waals surface area contributed by atoms with Gasteiger partial charge in [-0.15, -0.1) is 0 Å². The zero-order valence-electron chi connectivity index (χ0n) is 32.9. The maximum Gasteiger partial charge on any atom is 1.00 e. The van der Waals surface area contributed by atoms with Crippen molar-refractivity contribution in [2.75, 3.05) is 29.6 Å². The number of anilines is 2. The third-order valence-electron chi connectivity index (χ3n) is 11.5. The van der Waals surface area contributed by atoms with Gasteiger partial charge < -0.3 is 22.2 Å². The third-order valence-corrected chi connectivity index (χ3v) is 15.5. The van der Waals surface area contributed by atoms with E-state index in [-0.39, 0.29) is 31.9 Å². The molecule has 4 fully saturated rings. The second kappa shape index (κ2) is 22.3. The van der Waals surface area contributed by atoms with Crippen LogP contribution in [-0.4, -0.2) is 36.7 Å². The molecule has 3 saturated carbocycles. The van der Waals surface area contributed by atoms with Crippen LogP contribution in [0.5, 0.6) is 0 Å². The van der Waals surface area contributed by atoms with E-state index in [4.69, 9.17) is 0 Å². The number of allylic oxidation sites excluding steroid dienone is 2. The SMILES string of the molecule is C1CCC(P(C2CCCCC2)C2CCCCC2)CC1.CC=C(C)C.Cc1cc(C)c(N2CCN(c3c(C)cc(C)cc3C)C2)c(C)c1.[Cl-].[Ru+]. The predicted molar refractivity (Wildman–Crippen MR) is 214 cm³/mol. The number of aryl methyl sites for hydroxylation is 6. The van der Waals surface area contributed by atoms with Crippen LogP contribution in [0.2, 0.25) is 0 Å². The molecule has 2 aromatic carbocycles. The Balaban J connectivity index is 0.000000292. The molecule has 2 aromatic rings. The topological polar surface area (TPSA) is 6.48 Å². The van der Waals surface area contributed by atoms with Gasteiger partial charge in [-0.25, -0.2) is 0 Å². The van der Waals surface area contributed by atoms with Crippen LogP contribution in [0.1, 0.15) is 150 Å². The number of hydrogen-bond donors (Lipinski definition) is 0. The Labute approximate surface area is 324 Å². The molecular weight excluding hydrogens is 724 g/mol. The number of benzene rings is 2. The molecule has 0 atom stereocenters. The first-order valence-electron chi connectivity index (χ1n) is 19.6. The molecule has 3 aliphatic carbocycles. The van der Waals surface area contributed by atoms with E-state index in [0.717, 1.165) is 19.8 Å². The molecule has 1 heterocycles. The minimum Gasteiger partial charge on any atom is -1.00 e. The average Bonchev–Trinajstić information content (AvgIpc) is 3.51. The van der Waals surface area contributed by atoms with Crippen LogP contribution in [0.15, 0.2) is 35.9 Å². The Hall–Kier alpha value is -0.877. The molecule has 1 radical (unpaired) electrons. The molecule has 1 saturated heterocycles. The average molecular weight is 796 g/mol. The predicted octanol–water partition coefficient (Wildman–Crippen LogP) is 10.3. The monoisotopic (exact) mass is 795 g/mol. The van der Waals surface area contributed by atoms with E-state index in [1.807, 2.05) is 6.92 Å². The number of hydrogen-bond acceptors (Lipinski definition) is 2. The smallest absolute Gasteiger partial charge is 1.00 e. The number of rotatable bonds is 5. The summed E-state index contributed by atoms with van der Waals surface area (Å²) in [6, 6.07) is 9.20. The van der Waals surface area contributed by atoms with Crippen molar-refractivity contribution in [1.82, 2.24) is 0 Å². The van der Waals surface area contributed by atoms with Gasteiger partial charge in [-0.2, -0.15) is 0 Å². The maximum atomic E-state index is 2.53. The van der Waals surface area contributed by atoms with E-state index < -0.39 is 0 Å². The maximum absolute atomic E-state index is 2.53. The fraction of sp³-hybridized carbons (Fsp3) is 0.682. The van der Waals surface area contributed by atoms with Gasteiger partial charge in [0.2, 0.25) is 0 Å². The summed E-state index contributed by atoms with van der Waals surface area (Å²) >= 11 is 0. The largest absolute Gasteiger partial charge is 1.00 e. The molecule has 5 heteroatoms. The van der Waals surface area contributed by atoms with Crippen molar-refractivity contribution in [3.63, 3.8) is 0 Å². The summed E-state index contributed by atoms with van der Waals surface area (Å²) in [5.74, 6) is 0. The van der Waals surface area contributed by atoms with Crippen LogP contribution in [0.25, 0.3) is 0 Å². The zero-order chi connectivity index (χ0) is 33.9. The first-order chi connectivity index (χ1) is 22.6. The van der Waals surface area contributed by atoms with Crippen molar-refractivity contribution < 1.29 is 31.9 Å². The van der Waals surface area contributed by atoms with Crippen LogP contribution in [0.4, 0.5) is 11.4 Å². The standard InChI is InChI=1S/C21H28N2.C18H33P.C5H10.ClH.Ru/c1-14-9-16(3)20(17(4)10-14)22-7-8-23(13-22)21-18(5)11-15(2)12-19(21)6;1-4-10-16(11-5-1)19(17-12-6-2-7-13-17)18-14-8-3-9-15-18;1-4-5(2)3;;/h9-12H,7-8,13H2,1-6H3;16-18H,1-15H2;4H,1-3H3;1H;/q;;;;+1/p-1. The first-order valence-corrected chi connectivity index (χ1v) is 21.2. The molecule has 277 valence electrons. The van der Waals surface area contributed by atoms with Crippen LogP contribution in [0, 0.1) is 41.5 Å². The third kappa shape index (κ3) is 12.9. The summed E-state index contributed by atoms with van der Waals surface area (Å²) in [6.45, 7) is 22.7. The quantitative estimate of drug-likeness (QED) is 0.169. The number of halogens is 1. The van der Waals surface area contributed by atoms with Crippen LogP contribution in [-0.2, 0) is 19.5 Å². The zero-order valence-corrected chi connectivity index (χ0v) is 36.3. The van der Waals surface area contributed by atoms with Crippen molar-refractivity contribution in [3.05, 3.63) is 69.3 Å². The van der Waals surface area contributed by atoms with Crippen molar-refractivity contribution >= 4 is 19.3 Å². The Morgan fingerprint density at radius 1 is 0.551 bits per heavy atom. The van der Waals surface area contributed by atoms with Gasteiger partial charge in [-0.3, -0.25) is 0 Å². The van der Waals surface area contributed by atoms with Gasteiger partial charge in [0, 0.05) is 24.5 Å². The Kier molecular flexibility index (Phi) is 20.1. The van der Waals surface area contributed by atoms with Crippen molar-refractivity contribution in [3.8, 4) is 0 Å². The summed E-state index contributed by atoms with van der Waals surface area (Å²) in [4.78, 5) is 5.06. The molecule has 0 bridgehead atoms. The number of nitrogens with zero attached hydrogens (tertiary/aromatic N) is 2. The molecular formula is C44H71ClN2PRu. The van der Waals surface area contributed by atoms with Crippen molar-refractivity contribution in [2.24, 2.45) is 0 Å². The molecule has 0 unspecified atom stereocenters. The van der Waals surface area contributed by atoms with E-state index in [2.05, 4.69) is 95.5 Å². The Morgan fingerprint density at radius 3 is 1.06 bits per heavy atom. The molecule has 0 amide bonds. The Morgan fingerprint density at radius 2 is 0.816 bits per heavy atom. The van der Waals surface area contributed by atoms with E-state index in [9.17, 15) is 0 Å². The Bertz CT molecular complexity index is 1130.